The highest BCUT2D eigenvalue weighted by Gasteiger charge is 2.66. The van der Waals surface area contributed by atoms with Crippen molar-refractivity contribution < 1.29 is 24.2 Å². The van der Waals surface area contributed by atoms with E-state index in [2.05, 4.69) is 5.32 Å². The summed E-state index contributed by atoms with van der Waals surface area (Å²) in [6.07, 6.45) is 1.22. The first-order valence-electron chi connectivity index (χ1n) is 9.52. The van der Waals surface area contributed by atoms with Crippen LogP contribution in [0.3, 0.4) is 0 Å². The minimum absolute atomic E-state index is 0.0538. The van der Waals surface area contributed by atoms with Crippen molar-refractivity contribution in [2.75, 3.05) is 19.7 Å². The number of carbonyl (C=O) groups is 3. The fourth-order valence-corrected chi connectivity index (χ4v) is 4.08. The van der Waals surface area contributed by atoms with Gasteiger partial charge < -0.3 is 20.1 Å². The van der Waals surface area contributed by atoms with Crippen molar-refractivity contribution in [1.82, 2.24) is 10.2 Å². The van der Waals surface area contributed by atoms with E-state index in [4.69, 9.17) is 4.74 Å². The Morgan fingerprint density at radius 1 is 1.23 bits per heavy atom. The van der Waals surface area contributed by atoms with Crippen molar-refractivity contribution in [2.45, 2.75) is 65.5 Å². The number of amides is 2. The van der Waals surface area contributed by atoms with Crippen molar-refractivity contribution in [1.29, 1.82) is 0 Å². The van der Waals surface area contributed by atoms with Gasteiger partial charge in [0.15, 0.2) is 0 Å². The zero-order chi connectivity index (χ0) is 19.7. The van der Waals surface area contributed by atoms with Gasteiger partial charge in [0.05, 0.1) is 6.10 Å². The maximum atomic E-state index is 12.8. The van der Waals surface area contributed by atoms with Gasteiger partial charge >= 0.3 is 5.97 Å². The van der Waals surface area contributed by atoms with Crippen LogP contribution in [0.2, 0.25) is 0 Å². The highest BCUT2D eigenvalue weighted by atomic mass is 16.5. The molecule has 26 heavy (non-hydrogen) atoms. The molecule has 2 unspecified atom stereocenters. The summed E-state index contributed by atoms with van der Waals surface area (Å²) in [5.74, 6) is -1.46. The standard InChI is InChI=1S/C19H32N2O5/c1-6-26-14-11-19(17(24)25,18(14,4)5)20-15(22)13-7-9-21(10-8-13)16(23)12(2)3/h12-14H,6-11H2,1-5H3,(H,20,22)(H,24,25). The molecule has 1 aliphatic heterocycles. The number of piperidine rings is 1. The first kappa shape index (κ1) is 20.7. The number of nitrogens with zero attached hydrogens (tertiary/aromatic N) is 1. The third-order valence-electron chi connectivity index (χ3n) is 6.14. The van der Waals surface area contributed by atoms with Crippen LogP contribution in [0.1, 0.15) is 53.9 Å². The summed E-state index contributed by atoms with van der Waals surface area (Å²) < 4.78 is 5.63. The normalized spacial score (nSPS) is 28.5. The number of carboxylic acid groups (broad SMARTS) is 1. The summed E-state index contributed by atoms with van der Waals surface area (Å²) in [4.78, 5) is 38.6. The van der Waals surface area contributed by atoms with Gasteiger partial charge in [-0.1, -0.05) is 27.7 Å². The third-order valence-corrected chi connectivity index (χ3v) is 6.14. The topological polar surface area (TPSA) is 95.9 Å². The van der Waals surface area contributed by atoms with E-state index in [0.29, 0.717) is 32.5 Å². The Hall–Kier alpha value is -1.63. The van der Waals surface area contributed by atoms with Crippen LogP contribution >= 0.6 is 0 Å². The van der Waals surface area contributed by atoms with E-state index in [1.54, 1.807) is 4.90 Å². The molecule has 0 aromatic carbocycles. The molecule has 2 rings (SSSR count). The van der Waals surface area contributed by atoms with Crippen molar-refractivity contribution in [3.05, 3.63) is 0 Å². The number of nitrogens with one attached hydrogen (secondary N) is 1. The fraction of sp³-hybridized carbons (Fsp3) is 0.842. The maximum absolute atomic E-state index is 12.8. The summed E-state index contributed by atoms with van der Waals surface area (Å²) in [5.41, 5.74) is -1.98. The Bertz CT molecular complexity index is 566. The summed E-state index contributed by atoms with van der Waals surface area (Å²) in [6, 6.07) is 0. The van der Waals surface area contributed by atoms with E-state index in [9.17, 15) is 19.5 Å². The van der Waals surface area contributed by atoms with E-state index in [1.807, 2.05) is 34.6 Å². The number of hydrogen-bond donors (Lipinski definition) is 2. The predicted molar refractivity (Wildman–Crippen MR) is 96.5 cm³/mol. The number of aliphatic carboxylic acids is 1. The number of ether oxygens (including phenoxy) is 1. The predicted octanol–water partition coefficient (Wildman–Crippen LogP) is 1.66. The SMILES string of the molecule is CCOC1CC(NC(=O)C2CCN(C(=O)C(C)C)CC2)(C(=O)O)C1(C)C. The largest absolute Gasteiger partial charge is 0.479 e. The molecule has 0 bridgehead atoms. The van der Waals surface area contributed by atoms with Crippen LogP contribution in [0.4, 0.5) is 0 Å². The van der Waals surface area contributed by atoms with Gasteiger partial charge in [-0.25, -0.2) is 4.79 Å². The second kappa shape index (κ2) is 7.55. The van der Waals surface area contributed by atoms with Crippen molar-refractivity contribution >= 4 is 17.8 Å². The van der Waals surface area contributed by atoms with Crippen LogP contribution in [-0.2, 0) is 19.1 Å². The van der Waals surface area contributed by atoms with Gasteiger partial charge in [-0.15, -0.1) is 0 Å². The summed E-state index contributed by atoms with van der Waals surface area (Å²) in [6.45, 7) is 10.9. The molecule has 2 aliphatic rings. The zero-order valence-corrected chi connectivity index (χ0v) is 16.5. The molecule has 0 radical (unpaired) electrons. The molecule has 2 amide bonds. The molecule has 1 aliphatic carbocycles. The highest BCUT2D eigenvalue weighted by molar-refractivity contribution is 5.90. The van der Waals surface area contributed by atoms with E-state index in [0.717, 1.165) is 0 Å². The van der Waals surface area contributed by atoms with Gasteiger partial charge in [0, 0.05) is 43.4 Å². The number of likely N-dealkylation sites (tertiary alicyclic amines) is 1. The van der Waals surface area contributed by atoms with Crippen LogP contribution in [-0.4, -0.2) is 59.1 Å². The van der Waals surface area contributed by atoms with E-state index in [-0.39, 0.29) is 36.2 Å². The van der Waals surface area contributed by atoms with Gasteiger partial charge in [0.2, 0.25) is 11.8 Å². The Balaban J connectivity index is 2.00. The average molecular weight is 368 g/mol. The van der Waals surface area contributed by atoms with Gasteiger partial charge in [-0.05, 0) is 19.8 Å². The maximum Gasteiger partial charge on any atom is 0.330 e. The molecule has 2 fully saturated rings. The van der Waals surface area contributed by atoms with E-state index in [1.165, 1.54) is 0 Å². The van der Waals surface area contributed by atoms with Crippen LogP contribution in [0, 0.1) is 17.3 Å². The van der Waals surface area contributed by atoms with Crippen LogP contribution in [0.15, 0.2) is 0 Å². The first-order chi connectivity index (χ1) is 12.1. The molecule has 0 spiro atoms. The number of rotatable bonds is 6. The Labute approximate surface area is 155 Å². The molecule has 148 valence electrons. The third kappa shape index (κ3) is 3.46. The lowest BCUT2D eigenvalue weighted by Gasteiger charge is -2.58. The minimum Gasteiger partial charge on any atom is -0.479 e. The number of carbonyl (C=O) groups excluding carboxylic acids is 2. The molecule has 2 atom stereocenters. The summed E-state index contributed by atoms with van der Waals surface area (Å²) in [5, 5.41) is 12.6. The number of hydrogen-bond acceptors (Lipinski definition) is 4. The summed E-state index contributed by atoms with van der Waals surface area (Å²) >= 11 is 0. The van der Waals surface area contributed by atoms with Gasteiger partial charge in [-0.2, -0.15) is 0 Å². The Morgan fingerprint density at radius 2 is 1.81 bits per heavy atom. The Morgan fingerprint density at radius 3 is 2.23 bits per heavy atom. The van der Waals surface area contributed by atoms with Gasteiger partial charge in [-0.3, -0.25) is 9.59 Å². The van der Waals surface area contributed by atoms with Crippen molar-refractivity contribution in [3.63, 3.8) is 0 Å². The molecular weight excluding hydrogens is 336 g/mol. The average Bonchev–Trinajstić information content (AvgIpc) is 2.59. The lowest BCUT2D eigenvalue weighted by Crippen LogP contribution is -2.76. The minimum atomic E-state index is -1.30. The molecule has 1 heterocycles. The van der Waals surface area contributed by atoms with E-state index >= 15 is 0 Å². The quantitative estimate of drug-likeness (QED) is 0.743. The van der Waals surface area contributed by atoms with Crippen molar-refractivity contribution in [2.24, 2.45) is 17.3 Å². The number of carboxylic acids is 1. The van der Waals surface area contributed by atoms with Crippen LogP contribution in [0.5, 0.6) is 0 Å². The highest BCUT2D eigenvalue weighted by Crippen LogP contribution is 2.51. The molecule has 7 nitrogen and oxygen atoms in total. The molecule has 0 aromatic rings. The zero-order valence-electron chi connectivity index (χ0n) is 16.5. The van der Waals surface area contributed by atoms with Gasteiger partial charge in [0.1, 0.15) is 5.54 Å². The van der Waals surface area contributed by atoms with Gasteiger partial charge in [0.25, 0.3) is 0 Å². The van der Waals surface area contributed by atoms with Crippen molar-refractivity contribution in [3.8, 4) is 0 Å². The second-order valence-corrected chi connectivity index (χ2v) is 8.32. The molecule has 7 heteroatoms. The smallest absolute Gasteiger partial charge is 0.330 e. The summed E-state index contributed by atoms with van der Waals surface area (Å²) in [7, 11) is 0. The monoisotopic (exact) mass is 368 g/mol. The molecule has 1 saturated heterocycles. The fourth-order valence-electron chi connectivity index (χ4n) is 4.08. The molecule has 1 saturated carbocycles. The molecule has 0 aromatic heterocycles. The van der Waals surface area contributed by atoms with E-state index < -0.39 is 16.9 Å². The molecular formula is C19H32N2O5. The van der Waals surface area contributed by atoms with Crippen LogP contribution in [0.25, 0.3) is 0 Å². The second-order valence-electron chi connectivity index (χ2n) is 8.32. The van der Waals surface area contributed by atoms with Crippen LogP contribution < -0.4 is 5.32 Å². The molecule has 2 N–H and O–H groups in total. The Kier molecular flexibility index (Phi) is 6.00. The lowest BCUT2D eigenvalue weighted by molar-refractivity contribution is -0.195. The lowest BCUT2D eigenvalue weighted by atomic mass is 9.54. The first-order valence-corrected chi connectivity index (χ1v) is 9.52.